The van der Waals surface area contributed by atoms with Gasteiger partial charge in [-0.05, 0) is 44.4 Å². The molecule has 3 aromatic rings. The lowest BCUT2D eigenvalue weighted by Crippen LogP contribution is -2.39. The first-order chi connectivity index (χ1) is 13.5. The van der Waals surface area contributed by atoms with Gasteiger partial charge in [-0.15, -0.1) is 11.3 Å². The van der Waals surface area contributed by atoms with Crippen LogP contribution in [-0.2, 0) is 6.42 Å². The quantitative estimate of drug-likeness (QED) is 0.600. The zero-order valence-corrected chi connectivity index (χ0v) is 17.5. The van der Waals surface area contributed by atoms with Gasteiger partial charge in [0.25, 0.3) is 5.91 Å². The maximum atomic E-state index is 12.9. The molecule has 0 radical (unpaired) electrons. The fourth-order valence-electron chi connectivity index (χ4n) is 3.68. The number of piperidine rings is 1. The average Bonchev–Trinajstić information content (AvgIpc) is 3.27. The molecule has 1 amide bonds. The second-order valence-corrected chi connectivity index (χ2v) is 8.85. The zero-order valence-electron chi connectivity index (χ0n) is 15.9. The molecule has 1 saturated heterocycles. The van der Waals surface area contributed by atoms with E-state index in [1.165, 1.54) is 11.3 Å². The van der Waals surface area contributed by atoms with Crippen LogP contribution in [0.1, 0.15) is 56.3 Å². The Morgan fingerprint density at radius 1 is 1.39 bits per heavy atom. The molecule has 1 aromatic carbocycles. The predicted octanol–water partition coefficient (Wildman–Crippen LogP) is 5.01. The molecule has 2 aromatic heterocycles. The summed E-state index contributed by atoms with van der Waals surface area (Å²) in [5, 5.41) is 1.64. The molecular weight excluding hydrogens is 394 g/mol. The van der Waals surface area contributed by atoms with Crippen LogP contribution in [0, 0.1) is 13.8 Å². The summed E-state index contributed by atoms with van der Waals surface area (Å²) in [5.74, 6) is 1.72. The Kier molecular flexibility index (Phi) is 5.51. The number of rotatable bonds is 4. The highest BCUT2D eigenvalue weighted by molar-refractivity contribution is 7.13. The standard InChI is InChI=1S/C21H22ClN3O2S/c1-13-19(28-14(2)24-13)21(26)25-8-4-6-16(12-25)20-23-11-18(27-20)10-15-5-3-7-17(22)9-15/h3,5,7,9,11,16H,4,6,8,10,12H2,1-2H3/t16-/m0/s1. The molecule has 7 heteroatoms. The van der Waals surface area contributed by atoms with Crippen LogP contribution < -0.4 is 0 Å². The first-order valence-corrected chi connectivity index (χ1v) is 10.6. The molecule has 0 saturated carbocycles. The summed E-state index contributed by atoms with van der Waals surface area (Å²) in [7, 11) is 0. The largest absolute Gasteiger partial charge is 0.445 e. The van der Waals surface area contributed by atoms with E-state index < -0.39 is 0 Å². The number of aryl methyl sites for hydroxylation is 2. The monoisotopic (exact) mass is 415 g/mol. The van der Waals surface area contributed by atoms with E-state index in [2.05, 4.69) is 9.97 Å². The van der Waals surface area contributed by atoms with Crippen LogP contribution in [0.5, 0.6) is 0 Å². The Morgan fingerprint density at radius 3 is 3.00 bits per heavy atom. The van der Waals surface area contributed by atoms with Crippen LogP contribution >= 0.6 is 22.9 Å². The van der Waals surface area contributed by atoms with E-state index in [9.17, 15) is 4.79 Å². The Balaban J connectivity index is 1.45. The SMILES string of the molecule is Cc1nc(C)c(C(=O)N2CCC[C@H](c3ncc(Cc4cccc(Cl)c4)o3)C2)s1. The lowest BCUT2D eigenvalue weighted by atomic mass is 9.98. The van der Waals surface area contributed by atoms with Crippen LogP contribution in [0.25, 0.3) is 0 Å². The van der Waals surface area contributed by atoms with Gasteiger partial charge in [0, 0.05) is 24.5 Å². The Morgan fingerprint density at radius 2 is 2.25 bits per heavy atom. The zero-order chi connectivity index (χ0) is 19.7. The number of nitrogens with zero attached hydrogens (tertiary/aromatic N) is 3. The Labute approximate surface area is 173 Å². The van der Waals surface area contributed by atoms with Crippen LogP contribution in [0.4, 0.5) is 0 Å². The van der Waals surface area contributed by atoms with Gasteiger partial charge >= 0.3 is 0 Å². The van der Waals surface area contributed by atoms with Gasteiger partial charge in [0.1, 0.15) is 10.6 Å². The van der Waals surface area contributed by atoms with Crippen molar-refractivity contribution < 1.29 is 9.21 Å². The second-order valence-electron chi connectivity index (χ2n) is 7.21. The highest BCUT2D eigenvalue weighted by Crippen LogP contribution is 2.29. The minimum atomic E-state index is 0.0681. The molecule has 1 aliphatic rings. The molecule has 0 unspecified atom stereocenters. The third-order valence-electron chi connectivity index (χ3n) is 4.99. The third kappa shape index (κ3) is 4.13. The molecule has 0 spiro atoms. The van der Waals surface area contributed by atoms with Crippen molar-refractivity contribution in [1.29, 1.82) is 0 Å². The minimum Gasteiger partial charge on any atom is -0.445 e. The van der Waals surface area contributed by atoms with Crippen molar-refractivity contribution in [3.8, 4) is 0 Å². The number of amides is 1. The Hall–Kier alpha value is -2.18. The van der Waals surface area contributed by atoms with E-state index in [0.29, 0.717) is 23.9 Å². The van der Waals surface area contributed by atoms with E-state index >= 15 is 0 Å². The van der Waals surface area contributed by atoms with Gasteiger partial charge in [-0.25, -0.2) is 9.97 Å². The van der Waals surface area contributed by atoms with Crippen LogP contribution in [0.15, 0.2) is 34.9 Å². The van der Waals surface area contributed by atoms with Gasteiger partial charge in [-0.1, -0.05) is 23.7 Å². The summed E-state index contributed by atoms with van der Waals surface area (Å²) in [6, 6.07) is 7.75. The Bertz CT molecular complexity index is 997. The maximum absolute atomic E-state index is 12.9. The molecular formula is C21H22ClN3O2S. The summed E-state index contributed by atoms with van der Waals surface area (Å²) < 4.78 is 6.03. The number of carbonyl (C=O) groups excluding carboxylic acids is 1. The molecule has 1 fully saturated rings. The molecule has 3 heterocycles. The van der Waals surface area contributed by atoms with Crippen LogP contribution in [0.2, 0.25) is 5.02 Å². The van der Waals surface area contributed by atoms with Gasteiger partial charge in [-0.3, -0.25) is 4.79 Å². The number of thiazole rings is 1. The fraction of sp³-hybridized carbons (Fsp3) is 0.381. The van der Waals surface area contributed by atoms with Crippen molar-refractivity contribution in [1.82, 2.24) is 14.9 Å². The number of hydrogen-bond donors (Lipinski definition) is 0. The van der Waals surface area contributed by atoms with E-state index in [-0.39, 0.29) is 11.8 Å². The summed E-state index contributed by atoms with van der Waals surface area (Å²) in [6.07, 6.45) is 4.36. The number of carbonyl (C=O) groups is 1. The third-order valence-corrected chi connectivity index (χ3v) is 6.29. The van der Waals surface area contributed by atoms with E-state index in [4.69, 9.17) is 16.0 Å². The number of likely N-dealkylation sites (tertiary alicyclic amines) is 1. The van der Waals surface area contributed by atoms with E-state index in [1.807, 2.05) is 43.0 Å². The van der Waals surface area contributed by atoms with E-state index in [1.54, 1.807) is 6.20 Å². The lowest BCUT2D eigenvalue weighted by Gasteiger charge is -2.31. The molecule has 28 heavy (non-hydrogen) atoms. The molecule has 0 bridgehead atoms. The van der Waals surface area contributed by atoms with Gasteiger partial charge in [0.2, 0.25) is 0 Å². The van der Waals surface area contributed by atoms with Crippen molar-refractivity contribution in [3.63, 3.8) is 0 Å². The normalized spacial score (nSPS) is 17.1. The number of halogens is 1. The number of hydrogen-bond acceptors (Lipinski definition) is 5. The molecule has 0 N–H and O–H groups in total. The maximum Gasteiger partial charge on any atom is 0.265 e. The van der Waals surface area contributed by atoms with Gasteiger partial charge < -0.3 is 9.32 Å². The van der Waals surface area contributed by atoms with Crippen LogP contribution in [-0.4, -0.2) is 33.9 Å². The summed E-state index contributed by atoms with van der Waals surface area (Å²) in [5.41, 5.74) is 1.90. The minimum absolute atomic E-state index is 0.0681. The first kappa shape index (κ1) is 19.2. The smallest absolute Gasteiger partial charge is 0.265 e. The van der Waals surface area contributed by atoms with Crippen molar-refractivity contribution in [3.05, 3.63) is 68.3 Å². The lowest BCUT2D eigenvalue weighted by molar-refractivity contribution is 0.0702. The molecule has 4 rings (SSSR count). The summed E-state index contributed by atoms with van der Waals surface area (Å²) in [6.45, 7) is 5.23. The highest BCUT2D eigenvalue weighted by atomic mass is 35.5. The van der Waals surface area contributed by atoms with Gasteiger partial charge in [-0.2, -0.15) is 0 Å². The highest BCUT2D eigenvalue weighted by Gasteiger charge is 2.30. The summed E-state index contributed by atoms with van der Waals surface area (Å²) >= 11 is 7.53. The topological polar surface area (TPSA) is 59.2 Å². The summed E-state index contributed by atoms with van der Waals surface area (Å²) in [4.78, 5) is 24.5. The molecule has 146 valence electrons. The molecule has 5 nitrogen and oxygen atoms in total. The second kappa shape index (κ2) is 8.05. The molecule has 1 atom stereocenters. The van der Waals surface area contributed by atoms with E-state index in [0.717, 1.165) is 46.3 Å². The van der Waals surface area contributed by atoms with Crippen molar-refractivity contribution in [2.45, 2.75) is 39.0 Å². The molecule has 0 aliphatic carbocycles. The van der Waals surface area contributed by atoms with Crippen molar-refractivity contribution in [2.24, 2.45) is 0 Å². The number of oxazole rings is 1. The fourth-order valence-corrected chi connectivity index (χ4v) is 4.78. The van der Waals surface area contributed by atoms with Crippen molar-refractivity contribution in [2.75, 3.05) is 13.1 Å². The predicted molar refractivity (Wildman–Crippen MR) is 110 cm³/mol. The average molecular weight is 416 g/mol. The number of benzene rings is 1. The van der Waals surface area contributed by atoms with Gasteiger partial charge in [0.15, 0.2) is 5.89 Å². The van der Waals surface area contributed by atoms with Crippen molar-refractivity contribution >= 4 is 28.8 Å². The van der Waals surface area contributed by atoms with Gasteiger partial charge in [0.05, 0.1) is 22.8 Å². The molecule has 1 aliphatic heterocycles. The first-order valence-electron chi connectivity index (χ1n) is 9.42. The number of aromatic nitrogens is 2. The van der Waals surface area contributed by atoms with Crippen LogP contribution in [0.3, 0.4) is 0 Å².